The Hall–Kier alpha value is -0.480. The van der Waals surface area contributed by atoms with Gasteiger partial charge >= 0.3 is 0 Å². The van der Waals surface area contributed by atoms with Crippen molar-refractivity contribution in [3.05, 3.63) is 18.5 Å². The van der Waals surface area contributed by atoms with Crippen LogP contribution in [-0.4, -0.2) is 39.7 Å². The highest BCUT2D eigenvalue weighted by molar-refractivity contribution is 8.13. The number of hydrogen-bond acceptors (Lipinski definition) is 2. The Morgan fingerprint density at radius 2 is 2.00 bits per heavy atom. The number of rotatable bonds is 2. The molecule has 0 atom stereocenters. The van der Waals surface area contributed by atoms with Gasteiger partial charge in [0.05, 0.1) is 6.04 Å². The first-order valence-corrected chi connectivity index (χ1v) is 7.37. The topological polar surface area (TPSA) is 21.1 Å². The maximum Gasteiger partial charge on any atom is 0.0544 e. The fourth-order valence-corrected chi connectivity index (χ4v) is 3.04. The van der Waals surface area contributed by atoms with Crippen molar-refractivity contribution < 1.29 is 0 Å². The Morgan fingerprint density at radius 1 is 1.29 bits per heavy atom. The second kappa shape index (κ2) is 4.36. The van der Waals surface area contributed by atoms with E-state index in [1.807, 2.05) is 12.3 Å². The van der Waals surface area contributed by atoms with Crippen LogP contribution in [0.2, 0.25) is 0 Å². The third kappa shape index (κ3) is 2.12. The predicted octanol–water partition coefficient (Wildman–Crippen LogP) is 1.70. The number of aromatic nitrogens is 2. The summed E-state index contributed by atoms with van der Waals surface area (Å²) in [4.78, 5) is 0. The largest absolute Gasteiger partial charge is 0.270 e. The van der Waals surface area contributed by atoms with Gasteiger partial charge in [-0.3, -0.25) is 8.99 Å². The minimum Gasteiger partial charge on any atom is -0.270 e. The zero-order chi connectivity index (χ0) is 9.97. The van der Waals surface area contributed by atoms with E-state index in [1.165, 1.54) is 25.9 Å². The third-order valence-corrected chi connectivity index (χ3v) is 4.44. The molecule has 1 aromatic heterocycles. The van der Waals surface area contributed by atoms with E-state index in [0.717, 1.165) is 0 Å². The number of hydrogen-bond donors (Lipinski definition) is 1. The van der Waals surface area contributed by atoms with Gasteiger partial charge in [-0.2, -0.15) is 5.10 Å². The number of nitrogens with zero attached hydrogens (tertiary/aromatic N) is 3. The van der Waals surface area contributed by atoms with Crippen LogP contribution in [0.4, 0.5) is 0 Å². The van der Waals surface area contributed by atoms with E-state index in [-0.39, 0.29) is 11.1 Å². The average molecular weight is 213 g/mol. The second-order valence-electron chi connectivity index (χ2n) is 4.02. The molecule has 1 aliphatic heterocycles. The highest BCUT2D eigenvalue weighted by Crippen LogP contribution is 2.30. The summed E-state index contributed by atoms with van der Waals surface area (Å²) in [6, 6.07) is 2.65. The Bertz CT molecular complexity index is 263. The molecule has 14 heavy (non-hydrogen) atoms. The summed E-state index contributed by atoms with van der Waals surface area (Å²) in [5.74, 6) is 0. The molecule has 0 unspecified atom stereocenters. The first kappa shape index (κ1) is 10.1. The zero-order valence-corrected chi connectivity index (χ0v) is 9.82. The molecule has 0 N–H and O–H groups in total. The van der Waals surface area contributed by atoms with Crippen molar-refractivity contribution in [2.75, 3.05) is 25.6 Å². The van der Waals surface area contributed by atoms with E-state index >= 15 is 0 Å². The molecule has 0 aliphatic carbocycles. The van der Waals surface area contributed by atoms with Crippen molar-refractivity contribution in [3.63, 3.8) is 0 Å². The molecule has 3 nitrogen and oxygen atoms in total. The summed E-state index contributed by atoms with van der Waals surface area (Å²) in [5.41, 5.74) is 0. The van der Waals surface area contributed by atoms with Gasteiger partial charge in [0.2, 0.25) is 0 Å². The van der Waals surface area contributed by atoms with Crippen molar-refractivity contribution >= 4 is 11.1 Å². The molecule has 0 amide bonds. The van der Waals surface area contributed by atoms with Gasteiger partial charge in [0, 0.05) is 25.5 Å². The van der Waals surface area contributed by atoms with E-state index < -0.39 is 0 Å². The Labute approximate surface area is 88.6 Å². The minimum absolute atomic E-state index is 0.109. The lowest BCUT2D eigenvalue weighted by molar-refractivity contribution is 0.274. The number of thiol groups is 1. The Morgan fingerprint density at radius 3 is 2.50 bits per heavy atom. The smallest absolute Gasteiger partial charge is 0.0544 e. The molecule has 80 valence electrons. The predicted molar refractivity (Wildman–Crippen MR) is 62.9 cm³/mol. The van der Waals surface area contributed by atoms with Crippen LogP contribution in [0.3, 0.4) is 0 Å². The molecule has 1 aliphatic rings. The van der Waals surface area contributed by atoms with E-state index in [4.69, 9.17) is 0 Å². The van der Waals surface area contributed by atoms with Gasteiger partial charge in [-0.1, -0.05) is 0 Å². The third-order valence-electron chi connectivity index (χ3n) is 2.91. The van der Waals surface area contributed by atoms with Crippen molar-refractivity contribution in [1.29, 1.82) is 0 Å². The van der Waals surface area contributed by atoms with Crippen molar-refractivity contribution in [1.82, 2.24) is 14.1 Å². The van der Waals surface area contributed by atoms with Gasteiger partial charge in [0.15, 0.2) is 0 Å². The minimum atomic E-state index is 0.109. The molecule has 2 rings (SSSR count). The normalized spacial score (nSPS) is 21.1. The van der Waals surface area contributed by atoms with E-state index in [0.29, 0.717) is 6.04 Å². The van der Waals surface area contributed by atoms with Gasteiger partial charge in [0.25, 0.3) is 0 Å². The lowest BCUT2D eigenvalue weighted by atomic mass is 10.1. The van der Waals surface area contributed by atoms with E-state index in [1.54, 1.807) is 0 Å². The standard InChI is InChI=1S/C10H19N3S/c1-14(2)12-8-4-10(5-9-12)13-7-3-6-11-13/h3,6-7,10,14H,4-5,8-9H2,1-2H3. The molecular weight excluding hydrogens is 194 g/mol. The van der Waals surface area contributed by atoms with Crippen LogP contribution >= 0.6 is 11.1 Å². The molecule has 0 aromatic carbocycles. The molecule has 1 fully saturated rings. The van der Waals surface area contributed by atoms with Gasteiger partial charge in [0.1, 0.15) is 0 Å². The van der Waals surface area contributed by atoms with Crippen LogP contribution in [0.25, 0.3) is 0 Å². The average Bonchev–Trinajstić information content (AvgIpc) is 2.71. The van der Waals surface area contributed by atoms with Gasteiger partial charge in [-0.05, 0) is 31.4 Å². The Kier molecular flexibility index (Phi) is 3.13. The molecule has 1 aromatic rings. The van der Waals surface area contributed by atoms with Crippen LogP contribution in [0.5, 0.6) is 0 Å². The fourth-order valence-electron chi connectivity index (χ4n) is 2.01. The molecule has 0 radical (unpaired) electrons. The van der Waals surface area contributed by atoms with E-state index in [9.17, 15) is 0 Å². The fraction of sp³-hybridized carbons (Fsp3) is 0.700. The van der Waals surface area contributed by atoms with Crippen molar-refractivity contribution in [2.24, 2.45) is 0 Å². The van der Waals surface area contributed by atoms with Gasteiger partial charge in [-0.25, -0.2) is 11.1 Å². The maximum atomic E-state index is 4.31. The molecule has 0 saturated carbocycles. The molecule has 0 bridgehead atoms. The highest BCUT2D eigenvalue weighted by atomic mass is 32.2. The number of piperidine rings is 1. The Balaban J connectivity index is 1.90. The van der Waals surface area contributed by atoms with Crippen LogP contribution in [0, 0.1) is 0 Å². The molecular formula is C10H19N3S. The zero-order valence-electron chi connectivity index (χ0n) is 8.93. The summed E-state index contributed by atoms with van der Waals surface area (Å²) < 4.78 is 4.72. The van der Waals surface area contributed by atoms with Crippen molar-refractivity contribution in [3.8, 4) is 0 Å². The van der Waals surface area contributed by atoms with Crippen LogP contribution in [0.15, 0.2) is 18.5 Å². The molecule has 2 heterocycles. The monoisotopic (exact) mass is 213 g/mol. The van der Waals surface area contributed by atoms with Gasteiger partial charge in [-0.15, -0.1) is 0 Å². The molecule has 1 saturated heterocycles. The second-order valence-corrected chi connectivity index (χ2v) is 6.28. The van der Waals surface area contributed by atoms with Gasteiger partial charge < -0.3 is 0 Å². The SMILES string of the molecule is C[SH](C)N1CCC(n2cccn2)CC1. The molecule has 0 spiro atoms. The lowest BCUT2D eigenvalue weighted by Gasteiger charge is -2.36. The summed E-state index contributed by atoms with van der Waals surface area (Å²) >= 11 is 0.109. The van der Waals surface area contributed by atoms with E-state index in [2.05, 4.69) is 32.8 Å². The highest BCUT2D eigenvalue weighted by Gasteiger charge is 2.20. The van der Waals surface area contributed by atoms with Crippen LogP contribution in [0.1, 0.15) is 18.9 Å². The first-order chi connectivity index (χ1) is 6.77. The van der Waals surface area contributed by atoms with Crippen LogP contribution in [-0.2, 0) is 0 Å². The molecule has 4 heteroatoms. The summed E-state index contributed by atoms with van der Waals surface area (Å²) in [7, 11) is 0. The summed E-state index contributed by atoms with van der Waals surface area (Å²) in [6.45, 7) is 2.48. The first-order valence-electron chi connectivity index (χ1n) is 5.18. The summed E-state index contributed by atoms with van der Waals surface area (Å²) in [5, 5.41) is 4.31. The van der Waals surface area contributed by atoms with Crippen LogP contribution < -0.4 is 0 Å². The lowest BCUT2D eigenvalue weighted by Crippen LogP contribution is -2.32. The quantitative estimate of drug-likeness (QED) is 0.755. The van der Waals surface area contributed by atoms with Crippen molar-refractivity contribution in [2.45, 2.75) is 18.9 Å². The maximum absolute atomic E-state index is 4.31. The summed E-state index contributed by atoms with van der Waals surface area (Å²) in [6.07, 6.45) is 11.1.